The summed E-state index contributed by atoms with van der Waals surface area (Å²) in [5.74, 6) is -0.772. The molecule has 1 aliphatic rings. The van der Waals surface area contributed by atoms with Gasteiger partial charge in [0.15, 0.2) is 9.84 Å². The van der Waals surface area contributed by atoms with E-state index >= 15 is 0 Å². The maximum absolute atomic E-state index is 12.5. The largest absolute Gasteiger partial charge is 0.322 e. The molecule has 1 saturated heterocycles. The molecular weight excluding hydrogens is 478 g/mol. The summed E-state index contributed by atoms with van der Waals surface area (Å²) >= 11 is 0. The SMILES string of the molecule is CN(C)S(=O)(=O)c1ccc(C(=O)Nc2ccc(S(=O)(=O)N[C@@H]3CCS(=O)(=O)C3)cc2)cc1. The average Bonchev–Trinajstić information content (AvgIpc) is 3.05. The van der Waals surface area contributed by atoms with E-state index < -0.39 is 41.8 Å². The summed E-state index contributed by atoms with van der Waals surface area (Å²) in [6.45, 7) is 0. The molecule has 0 bridgehead atoms. The Morgan fingerprint density at radius 3 is 2.00 bits per heavy atom. The van der Waals surface area contributed by atoms with Crippen molar-refractivity contribution in [1.82, 2.24) is 9.03 Å². The number of sulfonamides is 2. The molecule has 0 spiro atoms. The summed E-state index contributed by atoms with van der Waals surface area (Å²) in [6.07, 6.45) is 0.227. The van der Waals surface area contributed by atoms with Crippen LogP contribution in [0.2, 0.25) is 0 Å². The number of nitrogens with zero attached hydrogens (tertiary/aromatic N) is 1. The van der Waals surface area contributed by atoms with Gasteiger partial charge in [-0.1, -0.05) is 0 Å². The highest BCUT2D eigenvalue weighted by Crippen LogP contribution is 2.19. The first-order valence-electron chi connectivity index (χ1n) is 9.47. The Balaban J connectivity index is 1.67. The molecule has 10 nitrogen and oxygen atoms in total. The Morgan fingerprint density at radius 2 is 1.50 bits per heavy atom. The summed E-state index contributed by atoms with van der Waals surface area (Å²) < 4.78 is 75.6. The number of hydrogen-bond acceptors (Lipinski definition) is 7. The Kier molecular flexibility index (Phi) is 6.77. The highest BCUT2D eigenvalue weighted by molar-refractivity contribution is 7.92. The van der Waals surface area contributed by atoms with Gasteiger partial charge in [0.1, 0.15) is 0 Å². The van der Waals surface area contributed by atoms with Crippen molar-refractivity contribution in [3.63, 3.8) is 0 Å². The van der Waals surface area contributed by atoms with Crippen molar-refractivity contribution in [2.75, 3.05) is 30.9 Å². The van der Waals surface area contributed by atoms with Crippen molar-refractivity contribution in [2.45, 2.75) is 22.3 Å². The number of sulfone groups is 1. The van der Waals surface area contributed by atoms with E-state index in [1.54, 1.807) is 0 Å². The van der Waals surface area contributed by atoms with Crippen molar-refractivity contribution in [3.8, 4) is 0 Å². The highest BCUT2D eigenvalue weighted by atomic mass is 32.2. The maximum atomic E-state index is 12.5. The van der Waals surface area contributed by atoms with E-state index in [1.165, 1.54) is 62.6 Å². The lowest BCUT2D eigenvalue weighted by Crippen LogP contribution is -2.35. The van der Waals surface area contributed by atoms with Crippen molar-refractivity contribution in [1.29, 1.82) is 0 Å². The summed E-state index contributed by atoms with van der Waals surface area (Å²) in [7, 11) is -7.92. The van der Waals surface area contributed by atoms with Gasteiger partial charge in [-0.05, 0) is 55.0 Å². The molecule has 0 unspecified atom stereocenters. The predicted octanol–water partition coefficient (Wildman–Crippen LogP) is 0.655. The van der Waals surface area contributed by atoms with E-state index in [4.69, 9.17) is 0 Å². The molecule has 0 saturated carbocycles. The van der Waals surface area contributed by atoms with Crippen LogP contribution < -0.4 is 10.0 Å². The molecule has 1 atom stereocenters. The van der Waals surface area contributed by atoms with Crippen LogP contribution in [-0.4, -0.2) is 67.1 Å². The number of hydrogen-bond donors (Lipinski definition) is 2. The summed E-state index contributed by atoms with van der Waals surface area (Å²) in [5, 5.41) is 2.61. The van der Waals surface area contributed by atoms with Crippen LogP contribution in [0.15, 0.2) is 58.3 Å². The van der Waals surface area contributed by atoms with Gasteiger partial charge in [0, 0.05) is 31.4 Å². The van der Waals surface area contributed by atoms with Gasteiger partial charge >= 0.3 is 0 Å². The van der Waals surface area contributed by atoms with Gasteiger partial charge in [0.25, 0.3) is 5.91 Å². The molecule has 3 rings (SSSR count). The third-order valence-corrected chi connectivity index (χ3v) is 10.0. The molecule has 0 radical (unpaired) electrons. The predicted molar refractivity (Wildman–Crippen MR) is 119 cm³/mol. The van der Waals surface area contributed by atoms with Crippen LogP contribution in [0.3, 0.4) is 0 Å². The number of carbonyl (C=O) groups is 1. The lowest BCUT2D eigenvalue weighted by atomic mass is 10.2. The molecule has 2 N–H and O–H groups in total. The molecule has 1 heterocycles. The zero-order valence-electron chi connectivity index (χ0n) is 17.3. The lowest BCUT2D eigenvalue weighted by molar-refractivity contribution is 0.102. The van der Waals surface area contributed by atoms with Crippen LogP contribution in [0.25, 0.3) is 0 Å². The van der Waals surface area contributed by atoms with Gasteiger partial charge in [0.2, 0.25) is 20.0 Å². The molecule has 2 aromatic rings. The van der Waals surface area contributed by atoms with Crippen LogP contribution in [0.1, 0.15) is 16.8 Å². The monoisotopic (exact) mass is 501 g/mol. The first kappa shape index (κ1) is 24.3. The van der Waals surface area contributed by atoms with E-state index in [0.29, 0.717) is 5.69 Å². The van der Waals surface area contributed by atoms with Gasteiger partial charge in [0.05, 0.1) is 21.3 Å². The molecule has 13 heteroatoms. The fraction of sp³-hybridized carbons (Fsp3) is 0.316. The molecular formula is C19H23N3O7S3. The number of nitrogens with one attached hydrogen (secondary N) is 2. The van der Waals surface area contributed by atoms with Gasteiger partial charge in [-0.15, -0.1) is 0 Å². The third-order valence-electron chi connectivity index (χ3n) is 4.87. The molecule has 2 aromatic carbocycles. The second-order valence-corrected chi connectivity index (χ2v) is 13.6. The van der Waals surface area contributed by atoms with Crippen LogP contribution in [0, 0.1) is 0 Å². The number of amides is 1. The van der Waals surface area contributed by atoms with Crippen LogP contribution in [-0.2, 0) is 29.9 Å². The van der Waals surface area contributed by atoms with E-state index in [2.05, 4.69) is 10.0 Å². The Labute approximate surface area is 187 Å². The number of rotatable bonds is 7. The smallest absolute Gasteiger partial charge is 0.255 e. The number of carbonyl (C=O) groups excluding carboxylic acids is 1. The Morgan fingerprint density at radius 1 is 0.938 bits per heavy atom. The van der Waals surface area contributed by atoms with Crippen molar-refractivity contribution < 1.29 is 30.0 Å². The zero-order chi connectivity index (χ0) is 23.7. The van der Waals surface area contributed by atoms with Gasteiger partial charge in [-0.25, -0.2) is 34.3 Å². The zero-order valence-corrected chi connectivity index (χ0v) is 19.8. The standard InChI is InChI=1S/C19H23N3O7S3/c1-22(2)32(28,29)18-7-3-14(4-8-18)19(23)20-15-5-9-17(10-6-15)31(26,27)21-16-11-12-30(24,25)13-16/h3-10,16,21H,11-13H2,1-2H3,(H,20,23)/t16-/m1/s1. The quantitative estimate of drug-likeness (QED) is 0.566. The lowest BCUT2D eigenvalue weighted by Gasteiger charge is -2.13. The van der Waals surface area contributed by atoms with Gasteiger partial charge in [-0.3, -0.25) is 4.79 Å². The van der Waals surface area contributed by atoms with E-state index in [9.17, 15) is 30.0 Å². The molecule has 0 aromatic heterocycles. The first-order valence-corrected chi connectivity index (χ1v) is 14.2. The fourth-order valence-electron chi connectivity index (χ4n) is 3.09. The summed E-state index contributed by atoms with van der Waals surface area (Å²) in [6, 6.07) is 10.2. The van der Waals surface area contributed by atoms with Crippen molar-refractivity contribution in [2.24, 2.45) is 0 Å². The molecule has 1 fully saturated rings. The minimum Gasteiger partial charge on any atom is -0.322 e. The summed E-state index contributed by atoms with van der Waals surface area (Å²) in [4.78, 5) is 12.4. The topological polar surface area (TPSA) is 147 Å². The van der Waals surface area contributed by atoms with E-state index in [1.807, 2.05) is 0 Å². The second-order valence-electron chi connectivity index (χ2n) is 7.51. The minimum atomic E-state index is -3.91. The normalized spacial score (nSPS) is 18.5. The minimum absolute atomic E-state index is 0.0484. The maximum Gasteiger partial charge on any atom is 0.255 e. The van der Waals surface area contributed by atoms with Crippen molar-refractivity contribution in [3.05, 3.63) is 54.1 Å². The molecule has 1 aliphatic heterocycles. The average molecular weight is 502 g/mol. The third kappa shape index (κ3) is 5.53. The Bertz CT molecular complexity index is 1320. The van der Waals surface area contributed by atoms with Crippen LogP contribution in [0.5, 0.6) is 0 Å². The van der Waals surface area contributed by atoms with E-state index in [-0.39, 0.29) is 33.3 Å². The van der Waals surface area contributed by atoms with E-state index in [0.717, 1.165) is 4.31 Å². The first-order chi connectivity index (χ1) is 14.8. The van der Waals surface area contributed by atoms with Crippen molar-refractivity contribution >= 4 is 41.5 Å². The number of benzene rings is 2. The Hall–Kier alpha value is -2.32. The van der Waals surface area contributed by atoms with Crippen LogP contribution in [0.4, 0.5) is 5.69 Å². The number of anilines is 1. The van der Waals surface area contributed by atoms with Gasteiger partial charge < -0.3 is 5.32 Å². The highest BCUT2D eigenvalue weighted by Gasteiger charge is 2.31. The van der Waals surface area contributed by atoms with Crippen LogP contribution >= 0.6 is 0 Å². The molecule has 0 aliphatic carbocycles. The molecule has 1 amide bonds. The fourth-order valence-corrected chi connectivity index (χ4v) is 7.04. The molecule has 32 heavy (non-hydrogen) atoms. The van der Waals surface area contributed by atoms with Gasteiger partial charge in [-0.2, -0.15) is 0 Å². The molecule has 174 valence electrons. The summed E-state index contributed by atoms with van der Waals surface area (Å²) in [5.41, 5.74) is 0.561. The second kappa shape index (κ2) is 8.90.